The van der Waals surface area contributed by atoms with E-state index in [1.807, 2.05) is 12.1 Å². The van der Waals surface area contributed by atoms with E-state index in [-0.39, 0.29) is 0 Å². The average Bonchev–Trinajstić information content (AvgIpc) is 2.65. The maximum Gasteiger partial charge on any atom is 0.231 e. The van der Waals surface area contributed by atoms with Gasteiger partial charge in [0.05, 0.1) is 0 Å². The molecule has 1 heterocycles. The summed E-state index contributed by atoms with van der Waals surface area (Å²) < 4.78 is 10.5. The third-order valence-electron chi connectivity index (χ3n) is 2.22. The van der Waals surface area contributed by atoms with Crippen molar-refractivity contribution in [1.82, 2.24) is 5.43 Å². The molecule has 0 radical (unpaired) electrons. The van der Waals surface area contributed by atoms with E-state index >= 15 is 0 Å². The molecular weight excluding hydrogens is 180 g/mol. The number of ether oxygens (including phenoxy) is 2. The molecule has 4 heteroatoms. The highest BCUT2D eigenvalue weighted by molar-refractivity contribution is 5.44. The molecule has 0 unspecified atom stereocenters. The van der Waals surface area contributed by atoms with E-state index in [4.69, 9.17) is 15.3 Å². The Hall–Kier alpha value is -1.26. The number of hydrazine groups is 1. The molecule has 0 atom stereocenters. The molecule has 0 saturated heterocycles. The lowest BCUT2D eigenvalue weighted by Gasteiger charge is -2.02. The maximum absolute atomic E-state index is 5.28. The zero-order valence-electron chi connectivity index (χ0n) is 7.95. The van der Waals surface area contributed by atoms with E-state index in [9.17, 15) is 0 Å². The summed E-state index contributed by atoms with van der Waals surface area (Å²) in [7, 11) is 0. The number of benzene rings is 1. The van der Waals surface area contributed by atoms with Gasteiger partial charge >= 0.3 is 0 Å². The maximum atomic E-state index is 5.28. The second-order valence-electron chi connectivity index (χ2n) is 3.25. The van der Waals surface area contributed by atoms with Crippen LogP contribution < -0.4 is 20.7 Å². The molecule has 0 amide bonds. The standard InChI is InChI=1S/C10H14N2O2/c11-12-5-1-2-8-3-4-9-10(6-8)14-7-13-9/h3-4,6,12H,1-2,5,7,11H2. The molecule has 0 saturated carbocycles. The molecule has 2 rings (SSSR count). The molecule has 0 fully saturated rings. The van der Waals surface area contributed by atoms with Crippen molar-refractivity contribution in [2.45, 2.75) is 12.8 Å². The normalized spacial score (nSPS) is 13.2. The van der Waals surface area contributed by atoms with Crippen LogP contribution in [0.3, 0.4) is 0 Å². The molecule has 76 valence electrons. The number of nitrogens with one attached hydrogen (secondary N) is 1. The van der Waals surface area contributed by atoms with Gasteiger partial charge in [-0.25, -0.2) is 0 Å². The van der Waals surface area contributed by atoms with Crippen LogP contribution in [0.15, 0.2) is 18.2 Å². The Morgan fingerprint density at radius 1 is 1.29 bits per heavy atom. The van der Waals surface area contributed by atoms with Gasteiger partial charge in [-0.05, 0) is 30.5 Å². The molecule has 0 spiro atoms. The van der Waals surface area contributed by atoms with Gasteiger partial charge < -0.3 is 9.47 Å². The van der Waals surface area contributed by atoms with Crippen molar-refractivity contribution in [3.8, 4) is 11.5 Å². The first-order valence-electron chi connectivity index (χ1n) is 4.72. The van der Waals surface area contributed by atoms with E-state index in [2.05, 4.69) is 11.5 Å². The lowest BCUT2D eigenvalue weighted by molar-refractivity contribution is 0.174. The van der Waals surface area contributed by atoms with Crippen molar-refractivity contribution in [1.29, 1.82) is 0 Å². The van der Waals surface area contributed by atoms with E-state index in [0.717, 1.165) is 30.9 Å². The van der Waals surface area contributed by atoms with Gasteiger partial charge in [0.2, 0.25) is 6.79 Å². The van der Waals surface area contributed by atoms with Crippen molar-refractivity contribution in [2.75, 3.05) is 13.3 Å². The second kappa shape index (κ2) is 4.30. The van der Waals surface area contributed by atoms with Gasteiger partial charge in [-0.1, -0.05) is 6.07 Å². The predicted molar refractivity (Wildman–Crippen MR) is 53.1 cm³/mol. The van der Waals surface area contributed by atoms with E-state index in [1.165, 1.54) is 5.56 Å². The Bertz CT molecular complexity index is 315. The Morgan fingerprint density at radius 2 is 2.14 bits per heavy atom. The number of rotatable bonds is 4. The minimum atomic E-state index is 0.336. The van der Waals surface area contributed by atoms with Gasteiger partial charge in [-0.2, -0.15) is 0 Å². The highest BCUT2D eigenvalue weighted by atomic mass is 16.7. The van der Waals surface area contributed by atoms with E-state index in [1.54, 1.807) is 0 Å². The largest absolute Gasteiger partial charge is 0.454 e. The quantitative estimate of drug-likeness (QED) is 0.423. The molecule has 1 aliphatic rings. The number of hydrogen-bond donors (Lipinski definition) is 2. The average molecular weight is 194 g/mol. The lowest BCUT2D eigenvalue weighted by atomic mass is 10.1. The van der Waals surface area contributed by atoms with Gasteiger partial charge in [-0.15, -0.1) is 0 Å². The fourth-order valence-electron chi connectivity index (χ4n) is 1.49. The van der Waals surface area contributed by atoms with Crippen LogP contribution >= 0.6 is 0 Å². The van der Waals surface area contributed by atoms with Crippen molar-refractivity contribution in [3.63, 3.8) is 0 Å². The van der Waals surface area contributed by atoms with Crippen molar-refractivity contribution < 1.29 is 9.47 Å². The van der Waals surface area contributed by atoms with Gasteiger partial charge in [-0.3, -0.25) is 11.3 Å². The third kappa shape index (κ3) is 1.97. The van der Waals surface area contributed by atoms with E-state index < -0.39 is 0 Å². The van der Waals surface area contributed by atoms with Crippen LogP contribution in [-0.4, -0.2) is 13.3 Å². The zero-order chi connectivity index (χ0) is 9.80. The summed E-state index contributed by atoms with van der Waals surface area (Å²) in [6.45, 7) is 1.16. The first-order chi connectivity index (χ1) is 6.90. The molecular formula is C10H14N2O2. The van der Waals surface area contributed by atoms with Crippen LogP contribution in [0.4, 0.5) is 0 Å². The van der Waals surface area contributed by atoms with Crippen LogP contribution in [0.2, 0.25) is 0 Å². The molecule has 0 bridgehead atoms. The van der Waals surface area contributed by atoms with E-state index in [0.29, 0.717) is 6.79 Å². The Kier molecular flexibility index (Phi) is 2.86. The fourth-order valence-corrected chi connectivity index (χ4v) is 1.49. The minimum absolute atomic E-state index is 0.336. The fraction of sp³-hybridized carbons (Fsp3) is 0.400. The Labute approximate surface area is 83.0 Å². The molecule has 14 heavy (non-hydrogen) atoms. The summed E-state index contributed by atoms with van der Waals surface area (Å²) in [6, 6.07) is 6.04. The van der Waals surface area contributed by atoms with Crippen molar-refractivity contribution in [2.24, 2.45) is 5.84 Å². The minimum Gasteiger partial charge on any atom is -0.454 e. The number of aryl methyl sites for hydroxylation is 1. The SMILES string of the molecule is NNCCCc1ccc2c(c1)OCO2. The molecule has 3 N–H and O–H groups in total. The lowest BCUT2D eigenvalue weighted by Crippen LogP contribution is -2.23. The summed E-state index contributed by atoms with van der Waals surface area (Å²) in [6.07, 6.45) is 2.02. The van der Waals surface area contributed by atoms with Crippen LogP contribution in [-0.2, 0) is 6.42 Å². The highest BCUT2D eigenvalue weighted by Gasteiger charge is 2.12. The topological polar surface area (TPSA) is 56.5 Å². The van der Waals surface area contributed by atoms with Gasteiger partial charge in [0, 0.05) is 6.54 Å². The smallest absolute Gasteiger partial charge is 0.231 e. The Balaban J connectivity index is 1.98. The predicted octanol–water partition coefficient (Wildman–Crippen LogP) is 0.811. The van der Waals surface area contributed by atoms with Gasteiger partial charge in [0.25, 0.3) is 0 Å². The monoisotopic (exact) mass is 194 g/mol. The molecule has 1 aliphatic heterocycles. The van der Waals surface area contributed by atoms with Crippen LogP contribution in [0, 0.1) is 0 Å². The highest BCUT2D eigenvalue weighted by Crippen LogP contribution is 2.32. The molecule has 1 aromatic carbocycles. The molecule has 1 aromatic rings. The first kappa shape index (κ1) is 9.30. The summed E-state index contributed by atoms with van der Waals surface area (Å²) in [5, 5.41) is 0. The van der Waals surface area contributed by atoms with Crippen LogP contribution in [0.5, 0.6) is 11.5 Å². The van der Waals surface area contributed by atoms with Gasteiger partial charge in [0.15, 0.2) is 11.5 Å². The van der Waals surface area contributed by atoms with Gasteiger partial charge in [0.1, 0.15) is 0 Å². The van der Waals surface area contributed by atoms with Crippen LogP contribution in [0.25, 0.3) is 0 Å². The summed E-state index contributed by atoms with van der Waals surface area (Å²) >= 11 is 0. The van der Waals surface area contributed by atoms with Crippen molar-refractivity contribution in [3.05, 3.63) is 23.8 Å². The summed E-state index contributed by atoms with van der Waals surface area (Å²) in [4.78, 5) is 0. The number of hydrogen-bond acceptors (Lipinski definition) is 4. The number of fused-ring (bicyclic) bond motifs is 1. The summed E-state index contributed by atoms with van der Waals surface area (Å²) in [5.74, 6) is 6.88. The van der Waals surface area contributed by atoms with Crippen molar-refractivity contribution >= 4 is 0 Å². The third-order valence-corrected chi connectivity index (χ3v) is 2.22. The number of nitrogens with two attached hydrogens (primary N) is 1. The van der Waals surface area contributed by atoms with Crippen LogP contribution in [0.1, 0.15) is 12.0 Å². The first-order valence-corrected chi connectivity index (χ1v) is 4.72. The molecule has 0 aliphatic carbocycles. The summed E-state index contributed by atoms with van der Waals surface area (Å²) in [5.41, 5.74) is 3.89. The molecule has 0 aromatic heterocycles. The second-order valence-corrected chi connectivity index (χ2v) is 3.25. The Morgan fingerprint density at radius 3 is 3.00 bits per heavy atom. The molecule has 4 nitrogen and oxygen atoms in total. The zero-order valence-corrected chi connectivity index (χ0v) is 7.95.